The molecule has 1 aromatic rings. The molecule has 1 aliphatic carbocycles. The zero-order chi connectivity index (χ0) is 14.8. The van der Waals surface area contributed by atoms with Gasteiger partial charge in [-0.1, -0.05) is 24.4 Å². The zero-order valence-electron chi connectivity index (χ0n) is 10.8. The lowest BCUT2D eigenvalue weighted by atomic mass is 9.86. The third-order valence-electron chi connectivity index (χ3n) is 3.77. The number of halogens is 2. The molecule has 0 aliphatic heterocycles. The molecule has 0 spiro atoms. The molecule has 1 aromatic carbocycles. The average Bonchev–Trinajstić information content (AvgIpc) is 2.89. The molecule has 6 heteroatoms. The molecule has 108 valence electrons. The Morgan fingerprint density at radius 2 is 2.00 bits per heavy atom. The predicted molar refractivity (Wildman–Crippen MR) is 80.0 cm³/mol. The number of carboxylic acid groups (broad SMARTS) is 1. The summed E-state index contributed by atoms with van der Waals surface area (Å²) in [6.45, 7) is 0.153. The van der Waals surface area contributed by atoms with Crippen LogP contribution in [0.2, 0.25) is 5.02 Å². The van der Waals surface area contributed by atoms with Gasteiger partial charge in [-0.2, -0.15) is 0 Å². The number of carboxylic acids is 1. The molecule has 20 heavy (non-hydrogen) atoms. The van der Waals surface area contributed by atoms with E-state index >= 15 is 0 Å². The number of aliphatic carboxylic acids is 1. The van der Waals surface area contributed by atoms with Crippen molar-refractivity contribution in [2.45, 2.75) is 25.7 Å². The fraction of sp³-hybridized carbons (Fsp3) is 0.429. The highest BCUT2D eigenvalue weighted by Crippen LogP contribution is 2.37. The Morgan fingerprint density at radius 1 is 1.35 bits per heavy atom. The second-order valence-corrected chi connectivity index (χ2v) is 6.39. The quantitative estimate of drug-likeness (QED) is 0.864. The van der Waals surface area contributed by atoms with E-state index in [1.807, 2.05) is 0 Å². The van der Waals surface area contributed by atoms with Crippen LogP contribution in [0.1, 0.15) is 36.0 Å². The second kappa shape index (κ2) is 6.14. The van der Waals surface area contributed by atoms with E-state index in [0.717, 1.165) is 12.8 Å². The molecule has 0 unspecified atom stereocenters. The third-order valence-corrected chi connectivity index (χ3v) is 4.70. The molecule has 0 bridgehead atoms. The number of carbonyl (C=O) groups excluding carboxylic acids is 1. The Kier molecular flexibility index (Phi) is 4.70. The predicted octanol–water partition coefficient (Wildman–Crippen LogP) is 3.48. The van der Waals surface area contributed by atoms with Crippen LogP contribution < -0.4 is 5.32 Å². The van der Waals surface area contributed by atoms with Crippen molar-refractivity contribution in [3.63, 3.8) is 0 Å². The van der Waals surface area contributed by atoms with E-state index in [9.17, 15) is 14.7 Å². The number of benzene rings is 1. The van der Waals surface area contributed by atoms with Crippen molar-refractivity contribution >= 4 is 39.4 Å². The average molecular weight is 361 g/mol. The summed E-state index contributed by atoms with van der Waals surface area (Å²) in [5, 5.41) is 12.6. The standard InChI is InChI=1S/C14H15BrClNO3/c15-11-4-3-9(16)7-10(11)12(18)17-8-14(13(19)20)5-1-2-6-14/h3-4,7H,1-2,5-6,8H2,(H,17,18)(H,19,20). The van der Waals surface area contributed by atoms with Gasteiger partial charge in [0.15, 0.2) is 0 Å². The van der Waals surface area contributed by atoms with Crippen molar-refractivity contribution in [3.8, 4) is 0 Å². The van der Waals surface area contributed by atoms with Gasteiger partial charge in [-0.25, -0.2) is 0 Å². The lowest BCUT2D eigenvalue weighted by molar-refractivity contribution is -0.148. The van der Waals surface area contributed by atoms with E-state index < -0.39 is 11.4 Å². The first kappa shape index (κ1) is 15.3. The minimum absolute atomic E-state index is 0.153. The Labute approximate surface area is 130 Å². The maximum atomic E-state index is 12.1. The third kappa shape index (κ3) is 3.15. The van der Waals surface area contributed by atoms with Crippen LogP contribution in [-0.4, -0.2) is 23.5 Å². The summed E-state index contributed by atoms with van der Waals surface area (Å²) in [5.41, 5.74) is -0.406. The number of amides is 1. The van der Waals surface area contributed by atoms with Gasteiger partial charge in [0.05, 0.1) is 11.0 Å². The monoisotopic (exact) mass is 359 g/mol. The van der Waals surface area contributed by atoms with Crippen LogP contribution in [0.5, 0.6) is 0 Å². The molecular weight excluding hydrogens is 346 g/mol. The van der Waals surface area contributed by atoms with Gasteiger partial charge < -0.3 is 10.4 Å². The topological polar surface area (TPSA) is 66.4 Å². The number of rotatable bonds is 4. The highest BCUT2D eigenvalue weighted by atomic mass is 79.9. The Bertz CT molecular complexity index is 541. The van der Waals surface area contributed by atoms with Gasteiger partial charge >= 0.3 is 5.97 Å². The molecule has 1 fully saturated rings. The summed E-state index contributed by atoms with van der Waals surface area (Å²) in [4.78, 5) is 23.6. The van der Waals surface area contributed by atoms with Crippen LogP contribution in [0.3, 0.4) is 0 Å². The second-order valence-electron chi connectivity index (χ2n) is 5.10. The van der Waals surface area contributed by atoms with Gasteiger partial charge in [0.25, 0.3) is 5.91 Å². The number of hydrogen-bond acceptors (Lipinski definition) is 2. The zero-order valence-corrected chi connectivity index (χ0v) is 13.1. The molecule has 2 N–H and O–H groups in total. The largest absolute Gasteiger partial charge is 0.481 e. The summed E-state index contributed by atoms with van der Waals surface area (Å²) < 4.78 is 0.634. The SMILES string of the molecule is O=C(NCC1(C(=O)O)CCCC1)c1cc(Cl)ccc1Br. The molecule has 0 aromatic heterocycles. The van der Waals surface area contributed by atoms with Crippen LogP contribution in [0.4, 0.5) is 0 Å². The summed E-state index contributed by atoms with van der Waals surface area (Å²) in [6, 6.07) is 4.93. The van der Waals surface area contributed by atoms with Gasteiger partial charge in [0.2, 0.25) is 0 Å². The van der Waals surface area contributed by atoms with E-state index in [2.05, 4.69) is 21.2 Å². The van der Waals surface area contributed by atoms with Gasteiger partial charge in [-0.05, 0) is 47.0 Å². The lowest BCUT2D eigenvalue weighted by Crippen LogP contribution is -2.41. The molecule has 0 atom stereocenters. The lowest BCUT2D eigenvalue weighted by Gasteiger charge is -2.24. The molecule has 2 rings (SSSR count). The van der Waals surface area contributed by atoms with E-state index in [4.69, 9.17) is 11.6 Å². The molecule has 4 nitrogen and oxygen atoms in total. The fourth-order valence-corrected chi connectivity index (χ4v) is 3.13. The first-order valence-electron chi connectivity index (χ1n) is 6.41. The van der Waals surface area contributed by atoms with Crippen molar-refractivity contribution in [1.29, 1.82) is 0 Å². The van der Waals surface area contributed by atoms with Crippen LogP contribution in [0.25, 0.3) is 0 Å². The number of nitrogens with one attached hydrogen (secondary N) is 1. The highest BCUT2D eigenvalue weighted by molar-refractivity contribution is 9.10. The summed E-state index contributed by atoms with van der Waals surface area (Å²) in [5.74, 6) is -1.15. The summed E-state index contributed by atoms with van der Waals surface area (Å²) in [6.07, 6.45) is 3.00. The molecule has 1 amide bonds. The van der Waals surface area contributed by atoms with E-state index in [0.29, 0.717) is 27.9 Å². The molecular formula is C14H15BrClNO3. The Hall–Kier alpha value is -1.07. The van der Waals surface area contributed by atoms with Crippen molar-refractivity contribution < 1.29 is 14.7 Å². The van der Waals surface area contributed by atoms with Crippen LogP contribution in [0, 0.1) is 5.41 Å². The van der Waals surface area contributed by atoms with E-state index in [1.165, 1.54) is 0 Å². The molecule has 0 heterocycles. The fourth-order valence-electron chi connectivity index (χ4n) is 2.53. The minimum atomic E-state index is -0.833. The van der Waals surface area contributed by atoms with Crippen molar-refractivity contribution in [2.75, 3.05) is 6.54 Å². The maximum Gasteiger partial charge on any atom is 0.311 e. The summed E-state index contributed by atoms with van der Waals surface area (Å²) >= 11 is 9.16. The molecule has 0 saturated heterocycles. The maximum absolute atomic E-state index is 12.1. The molecule has 1 aliphatic rings. The van der Waals surface area contributed by atoms with Gasteiger partial charge in [0, 0.05) is 16.0 Å². The number of carbonyl (C=O) groups is 2. The van der Waals surface area contributed by atoms with Gasteiger partial charge in [-0.3, -0.25) is 9.59 Å². The molecule has 0 radical (unpaired) electrons. The van der Waals surface area contributed by atoms with Crippen molar-refractivity contribution in [1.82, 2.24) is 5.32 Å². The first-order chi connectivity index (χ1) is 9.44. The van der Waals surface area contributed by atoms with Crippen molar-refractivity contribution in [3.05, 3.63) is 33.3 Å². The summed E-state index contributed by atoms with van der Waals surface area (Å²) in [7, 11) is 0. The Balaban J connectivity index is 2.08. The van der Waals surface area contributed by atoms with Crippen LogP contribution in [0.15, 0.2) is 22.7 Å². The van der Waals surface area contributed by atoms with E-state index in [-0.39, 0.29) is 12.5 Å². The highest BCUT2D eigenvalue weighted by Gasteiger charge is 2.41. The Morgan fingerprint density at radius 3 is 2.60 bits per heavy atom. The smallest absolute Gasteiger partial charge is 0.311 e. The normalized spacial score (nSPS) is 16.9. The molecule has 1 saturated carbocycles. The first-order valence-corrected chi connectivity index (χ1v) is 7.58. The minimum Gasteiger partial charge on any atom is -0.481 e. The van der Waals surface area contributed by atoms with Crippen LogP contribution >= 0.6 is 27.5 Å². The van der Waals surface area contributed by atoms with Crippen molar-refractivity contribution in [2.24, 2.45) is 5.41 Å². The van der Waals surface area contributed by atoms with E-state index in [1.54, 1.807) is 18.2 Å². The van der Waals surface area contributed by atoms with Crippen LogP contribution in [-0.2, 0) is 4.79 Å². The van der Waals surface area contributed by atoms with Gasteiger partial charge in [0.1, 0.15) is 0 Å². The van der Waals surface area contributed by atoms with Gasteiger partial charge in [-0.15, -0.1) is 0 Å². The number of hydrogen-bond donors (Lipinski definition) is 2.